The number of nitrogens with zero attached hydrogens (tertiary/aromatic N) is 2. The van der Waals surface area contributed by atoms with E-state index in [0.29, 0.717) is 11.7 Å². The van der Waals surface area contributed by atoms with Crippen LogP contribution in [0.2, 0.25) is 0 Å². The van der Waals surface area contributed by atoms with E-state index in [-0.39, 0.29) is 12.0 Å². The van der Waals surface area contributed by atoms with Gasteiger partial charge in [-0.1, -0.05) is 6.92 Å². The molecule has 1 aromatic heterocycles. The Balaban J connectivity index is 1.71. The van der Waals surface area contributed by atoms with Gasteiger partial charge in [0.1, 0.15) is 5.69 Å². The number of amides is 1. The van der Waals surface area contributed by atoms with Crippen molar-refractivity contribution >= 4 is 17.2 Å². The highest BCUT2D eigenvalue weighted by Crippen LogP contribution is 2.29. The molecule has 1 aromatic rings. The molecule has 1 aliphatic heterocycles. The minimum atomic E-state index is 0.0892. The van der Waals surface area contributed by atoms with Crippen LogP contribution in [0.25, 0.3) is 0 Å². The predicted molar refractivity (Wildman–Crippen MR) is 83.5 cm³/mol. The van der Waals surface area contributed by atoms with E-state index in [0.717, 1.165) is 44.8 Å². The second kappa shape index (κ2) is 6.88. The number of aromatic nitrogens is 1. The summed E-state index contributed by atoms with van der Waals surface area (Å²) in [5, 5.41) is 1.86. The number of thiazole rings is 1. The van der Waals surface area contributed by atoms with Gasteiger partial charge in [-0.2, -0.15) is 0 Å². The third kappa shape index (κ3) is 3.64. The molecule has 4 nitrogen and oxygen atoms in total. The summed E-state index contributed by atoms with van der Waals surface area (Å²) in [6.07, 6.45) is 7.07. The lowest BCUT2D eigenvalue weighted by molar-refractivity contribution is 0.0338. The van der Waals surface area contributed by atoms with Crippen LogP contribution >= 0.6 is 11.3 Å². The van der Waals surface area contributed by atoms with Crippen molar-refractivity contribution in [3.8, 4) is 0 Å². The van der Waals surface area contributed by atoms with E-state index < -0.39 is 0 Å². The zero-order chi connectivity index (χ0) is 14.7. The first-order valence-corrected chi connectivity index (χ1v) is 8.99. The van der Waals surface area contributed by atoms with Crippen molar-refractivity contribution in [1.82, 2.24) is 9.88 Å². The molecule has 0 unspecified atom stereocenters. The van der Waals surface area contributed by atoms with E-state index >= 15 is 0 Å². The van der Waals surface area contributed by atoms with E-state index in [1.807, 2.05) is 5.38 Å². The number of carbonyl (C=O) groups excluding carboxylic acids is 1. The lowest BCUT2D eigenvalue weighted by Crippen LogP contribution is -2.46. The third-order valence-electron chi connectivity index (χ3n) is 4.76. The van der Waals surface area contributed by atoms with Crippen molar-refractivity contribution in [3.05, 3.63) is 16.6 Å². The highest BCUT2D eigenvalue weighted by Gasteiger charge is 2.31. The average molecular weight is 308 g/mol. The Kier molecular flexibility index (Phi) is 4.91. The quantitative estimate of drug-likeness (QED) is 0.856. The number of rotatable bonds is 4. The zero-order valence-electron chi connectivity index (χ0n) is 12.7. The first-order valence-electron chi connectivity index (χ1n) is 8.05. The van der Waals surface area contributed by atoms with E-state index in [1.165, 1.54) is 24.2 Å². The van der Waals surface area contributed by atoms with Gasteiger partial charge in [-0.3, -0.25) is 4.79 Å². The molecular weight excluding hydrogens is 284 g/mol. The number of hydrogen-bond acceptors (Lipinski definition) is 4. The summed E-state index contributed by atoms with van der Waals surface area (Å²) in [6, 6.07) is 0.361. The van der Waals surface area contributed by atoms with Crippen LogP contribution in [0.1, 0.15) is 55.9 Å². The van der Waals surface area contributed by atoms with Crippen molar-refractivity contribution < 1.29 is 9.53 Å². The minimum absolute atomic E-state index is 0.0892. The molecule has 2 fully saturated rings. The second-order valence-corrected chi connectivity index (χ2v) is 7.10. The van der Waals surface area contributed by atoms with Gasteiger partial charge < -0.3 is 9.64 Å². The first-order chi connectivity index (χ1) is 10.2. The van der Waals surface area contributed by atoms with Gasteiger partial charge in [-0.25, -0.2) is 4.98 Å². The predicted octanol–water partition coefficient (Wildman–Crippen LogP) is 3.34. The standard InChI is InChI=1S/C16H24N2O2S/c1-12-4-6-13(7-5-12)18(9-14-3-2-8-20-14)16(19)15-10-21-11-17-15/h10-14H,2-9H2,1H3/t12?,13?,14-/m1/s1. The molecule has 2 heterocycles. The Morgan fingerprint density at radius 3 is 2.81 bits per heavy atom. The lowest BCUT2D eigenvalue weighted by Gasteiger charge is -2.37. The molecule has 116 valence electrons. The molecule has 1 amide bonds. The van der Waals surface area contributed by atoms with Gasteiger partial charge in [0.15, 0.2) is 0 Å². The average Bonchev–Trinajstić information content (AvgIpc) is 3.18. The van der Waals surface area contributed by atoms with Crippen LogP contribution in [0.3, 0.4) is 0 Å². The Hall–Kier alpha value is -0.940. The van der Waals surface area contributed by atoms with Crippen molar-refractivity contribution in [2.24, 2.45) is 5.92 Å². The lowest BCUT2D eigenvalue weighted by atomic mass is 9.86. The molecule has 0 bridgehead atoms. The normalized spacial score (nSPS) is 29.5. The summed E-state index contributed by atoms with van der Waals surface area (Å²) in [7, 11) is 0. The molecule has 2 aliphatic rings. The summed E-state index contributed by atoms with van der Waals surface area (Å²) in [5.74, 6) is 0.881. The van der Waals surface area contributed by atoms with E-state index in [2.05, 4.69) is 16.8 Å². The zero-order valence-corrected chi connectivity index (χ0v) is 13.5. The Labute approximate surface area is 130 Å². The van der Waals surface area contributed by atoms with Gasteiger partial charge in [-0.15, -0.1) is 11.3 Å². The maximum atomic E-state index is 12.8. The molecule has 0 aromatic carbocycles. The smallest absolute Gasteiger partial charge is 0.273 e. The van der Waals surface area contributed by atoms with Crippen LogP contribution in [0.4, 0.5) is 0 Å². The summed E-state index contributed by atoms with van der Waals surface area (Å²) in [5.41, 5.74) is 2.33. The van der Waals surface area contributed by atoms with Crippen LogP contribution < -0.4 is 0 Å². The second-order valence-electron chi connectivity index (χ2n) is 6.38. The molecule has 5 heteroatoms. The van der Waals surface area contributed by atoms with Gasteiger partial charge in [0, 0.05) is 24.6 Å². The molecule has 0 radical (unpaired) electrons. The maximum Gasteiger partial charge on any atom is 0.273 e. The summed E-state index contributed by atoms with van der Waals surface area (Å²) >= 11 is 1.49. The van der Waals surface area contributed by atoms with Crippen molar-refractivity contribution in [2.45, 2.75) is 57.6 Å². The summed E-state index contributed by atoms with van der Waals surface area (Å²) in [6.45, 7) is 3.88. The first kappa shape index (κ1) is 15.0. The van der Waals surface area contributed by atoms with Gasteiger partial charge in [0.2, 0.25) is 0 Å². The molecule has 0 N–H and O–H groups in total. The minimum Gasteiger partial charge on any atom is -0.376 e. The number of hydrogen-bond donors (Lipinski definition) is 0. The summed E-state index contributed by atoms with van der Waals surface area (Å²) < 4.78 is 5.75. The molecule has 3 rings (SSSR count). The molecule has 1 aliphatic carbocycles. The van der Waals surface area contributed by atoms with Gasteiger partial charge in [0.05, 0.1) is 11.6 Å². The Morgan fingerprint density at radius 1 is 1.38 bits per heavy atom. The van der Waals surface area contributed by atoms with Crippen LogP contribution in [0.15, 0.2) is 10.9 Å². The highest BCUT2D eigenvalue weighted by atomic mass is 32.1. The SMILES string of the molecule is CC1CCC(N(C[C@H]2CCCO2)C(=O)c2cscn2)CC1. The van der Waals surface area contributed by atoms with E-state index in [9.17, 15) is 4.79 Å². The highest BCUT2D eigenvalue weighted by molar-refractivity contribution is 7.07. The largest absolute Gasteiger partial charge is 0.376 e. The molecule has 1 saturated heterocycles. The topological polar surface area (TPSA) is 42.4 Å². The maximum absolute atomic E-state index is 12.8. The van der Waals surface area contributed by atoms with Crippen LogP contribution in [-0.2, 0) is 4.74 Å². The molecule has 1 saturated carbocycles. The molecule has 0 spiro atoms. The number of ether oxygens (including phenoxy) is 1. The van der Waals surface area contributed by atoms with Crippen molar-refractivity contribution in [1.29, 1.82) is 0 Å². The fraction of sp³-hybridized carbons (Fsp3) is 0.750. The molecule has 21 heavy (non-hydrogen) atoms. The molecule has 1 atom stereocenters. The Bertz CT molecular complexity index is 449. The monoisotopic (exact) mass is 308 g/mol. The summed E-state index contributed by atoms with van der Waals surface area (Å²) in [4.78, 5) is 19.0. The molecular formula is C16H24N2O2S. The van der Waals surface area contributed by atoms with Crippen LogP contribution in [-0.4, -0.2) is 41.1 Å². The fourth-order valence-electron chi connectivity index (χ4n) is 3.42. The van der Waals surface area contributed by atoms with Gasteiger partial charge in [0.25, 0.3) is 5.91 Å². The number of carbonyl (C=O) groups is 1. The van der Waals surface area contributed by atoms with Crippen molar-refractivity contribution in [3.63, 3.8) is 0 Å². The van der Waals surface area contributed by atoms with E-state index in [4.69, 9.17) is 4.74 Å². The fourth-order valence-corrected chi connectivity index (χ4v) is 3.95. The van der Waals surface area contributed by atoms with Crippen LogP contribution in [0, 0.1) is 5.92 Å². The van der Waals surface area contributed by atoms with Gasteiger partial charge in [-0.05, 0) is 44.4 Å². The van der Waals surface area contributed by atoms with Crippen LogP contribution in [0.5, 0.6) is 0 Å². The van der Waals surface area contributed by atoms with Gasteiger partial charge >= 0.3 is 0 Å². The van der Waals surface area contributed by atoms with Crippen molar-refractivity contribution in [2.75, 3.05) is 13.2 Å². The van der Waals surface area contributed by atoms with E-state index in [1.54, 1.807) is 5.51 Å². The Morgan fingerprint density at radius 2 is 2.19 bits per heavy atom. The third-order valence-corrected chi connectivity index (χ3v) is 5.35.